The van der Waals surface area contributed by atoms with Gasteiger partial charge in [0.2, 0.25) is 4.96 Å². The van der Waals surface area contributed by atoms with Gasteiger partial charge in [0.1, 0.15) is 6.33 Å². The Morgan fingerprint density at radius 1 is 1.38 bits per heavy atom. The topological polar surface area (TPSA) is 30.2 Å². The predicted molar refractivity (Wildman–Crippen MR) is 53.1 cm³/mol. The number of fused-ring (bicyclic) bond motifs is 3. The van der Waals surface area contributed by atoms with Gasteiger partial charge in [-0.15, -0.1) is 0 Å². The molecule has 3 aromatic rings. The maximum atomic E-state index is 4.17. The Kier molecular flexibility index (Phi) is 1.24. The average molecular weight is 189 g/mol. The Morgan fingerprint density at radius 3 is 3.23 bits per heavy atom. The summed E-state index contributed by atoms with van der Waals surface area (Å²) >= 11 is 1.68. The zero-order valence-electron chi connectivity index (χ0n) is 7.06. The van der Waals surface area contributed by atoms with Crippen LogP contribution in [0.2, 0.25) is 0 Å². The standard InChI is InChI=1S/C9H7N3S/c1-6-3-2-4-7-8(6)13-9-10-5-11-12(7)9/h2-5H,1H3. The predicted octanol–water partition coefficient (Wildman–Crippen LogP) is 2.25. The third-order valence-corrected chi connectivity index (χ3v) is 3.33. The number of aromatic nitrogens is 3. The molecule has 0 saturated carbocycles. The van der Waals surface area contributed by atoms with E-state index in [0.29, 0.717) is 0 Å². The second kappa shape index (κ2) is 2.29. The van der Waals surface area contributed by atoms with E-state index in [-0.39, 0.29) is 0 Å². The van der Waals surface area contributed by atoms with Crippen molar-refractivity contribution >= 4 is 26.5 Å². The fraction of sp³-hybridized carbons (Fsp3) is 0.111. The first-order valence-corrected chi connectivity index (χ1v) is 4.86. The summed E-state index contributed by atoms with van der Waals surface area (Å²) in [5, 5.41) is 4.16. The van der Waals surface area contributed by atoms with E-state index in [0.717, 1.165) is 10.5 Å². The van der Waals surface area contributed by atoms with E-state index in [4.69, 9.17) is 0 Å². The van der Waals surface area contributed by atoms with Crippen molar-refractivity contribution in [3.05, 3.63) is 30.1 Å². The molecule has 1 aromatic carbocycles. The van der Waals surface area contributed by atoms with Crippen LogP contribution in [0.4, 0.5) is 0 Å². The Balaban J connectivity index is 2.66. The summed E-state index contributed by atoms with van der Waals surface area (Å²) < 4.78 is 3.16. The molecule has 3 nitrogen and oxygen atoms in total. The van der Waals surface area contributed by atoms with E-state index in [9.17, 15) is 0 Å². The summed E-state index contributed by atoms with van der Waals surface area (Å²) in [6, 6.07) is 6.23. The summed E-state index contributed by atoms with van der Waals surface area (Å²) in [6.07, 6.45) is 1.59. The minimum atomic E-state index is 0.962. The molecule has 0 unspecified atom stereocenters. The summed E-state index contributed by atoms with van der Waals surface area (Å²) in [5.41, 5.74) is 2.44. The summed E-state index contributed by atoms with van der Waals surface area (Å²) in [7, 11) is 0. The summed E-state index contributed by atoms with van der Waals surface area (Å²) in [6.45, 7) is 2.11. The van der Waals surface area contributed by atoms with Crippen LogP contribution >= 0.6 is 11.3 Å². The SMILES string of the molecule is Cc1cccc2c1sc1ncnn12. The van der Waals surface area contributed by atoms with E-state index in [1.807, 2.05) is 10.6 Å². The number of nitrogens with zero attached hydrogens (tertiary/aromatic N) is 3. The second-order valence-corrected chi connectivity index (χ2v) is 3.96. The number of benzene rings is 1. The number of rotatable bonds is 0. The van der Waals surface area contributed by atoms with Gasteiger partial charge in [0, 0.05) is 0 Å². The number of hydrogen-bond acceptors (Lipinski definition) is 3. The van der Waals surface area contributed by atoms with Gasteiger partial charge < -0.3 is 0 Å². The van der Waals surface area contributed by atoms with Crippen molar-refractivity contribution in [1.82, 2.24) is 14.6 Å². The molecular weight excluding hydrogens is 182 g/mol. The molecule has 0 bridgehead atoms. The lowest BCUT2D eigenvalue weighted by molar-refractivity contribution is 1.01. The molecule has 0 N–H and O–H groups in total. The van der Waals surface area contributed by atoms with Crippen LogP contribution < -0.4 is 0 Å². The molecule has 2 aromatic heterocycles. The molecule has 0 saturated heterocycles. The largest absolute Gasteiger partial charge is 0.213 e. The van der Waals surface area contributed by atoms with Crippen molar-refractivity contribution in [3.8, 4) is 0 Å². The van der Waals surface area contributed by atoms with Gasteiger partial charge in [0.05, 0.1) is 10.2 Å². The first-order valence-electron chi connectivity index (χ1n) is 4.04. The molecule has 0 atom stereocenters. The molecular formula is C9H7N3S. The first-order chi connectivity index (χ1) is 6.36. The quantitative estimate of drug-likeness (QED) is 0.543. The van der Waals surface area contributed by atoms with Crippen LogP contribution in [0.1, 0.15) is 5.56 Å². The molecule has 13 heavy (non-hydrogen) atoms. The van der Waals surface area contributed by atoms with Gasteiger partial charge in [-0.1, -0.05) is 23.5 Å². The summed E-state index contributed by atoms with van der Waals surface area (Å²) in [5.74, 6) is 0. The van der Waals surface area contributed by atoms with Gasteiger partial charge >= 0.3 is 0 Å². The van der Waals surface area contributed by atoms with Crippen molar-refractivity contribution in [2.75, 3.05) is 0 Å². The third-order valence-electron chi connectivity index (χ3n) is 2.13. The van der Waals surface area contributed by atoms with Crippen LogP contribution in [-0.4, -0.2) is 14.6 Å². The monoisotopic (exact) mass is 189 g/mol. The summed E-state index contributed by atoms with van der Waals surface area (Å²) in [4.78, 5) is 5.13. The van der Waals surface area contributed by atoms with Crippen LogP contribution in [0, 0.1) is 6.92 Å². The molecule has 0 aliphatic carbocycles. The maximum Gasteiger partial charge on any atom is 0.213 e. The van der Waals surface area contributed by atoms with Crippen LogP contribution in [-0.2, 0) is 0 Å². The minimum Gasteiger partial charge on any atom is -0.206 e. The van der Waals surface area contributed by atoms with Crippen molar-refractivity contribution in [3.63, 3.8) is 0 Å². The zero-order valence-corrected chi connectivity index (χ0v) is 7.88. The first kappa shape index (κ1) is 7.03. The van der Waals surface area contributed by atoms with Gasteiger partial charge in [0.25, 0.3) is 0 Å². The normalized spacial score (nSPS) is 11.5. The molecule has 0 fully saturated rings. The maximum absolute atomic E-state index is 4.17. The highest BCUT2D eigenvalue weighted by atomic mass is 32.1. The second-order valence-electron chi connectivity index (χ2n) is 2.98. The van der Waals surface area contributed by atoms with E-state index in [2.05, 4.69) is 29.1 Å². The van der Waals surface area contributed by atoms with Crippen LogP contribution in [0.15, 0.2) is 24.5 Å². The van der Waals surface area contributed by atoms with Gasteiger partial charge in [-0.05, 0) is 18.6 Å². The highest BCUT2D eigenvalue weighted by Crippen LogP contribution is 2.26. The molecule has 3 rings (SSSR count). The Morgan fingerprint density at radius 2 is 2.31 bits per heavy atom. The van der Waals surface area contributed by atoms with Crippen molar-refractivity contribution in [2.45, 2.75) is 6.92 Å². The molecule has 4 heteroatoms. The fourth-order valence-corrected chi connectivity index (χ4v) is 2.50. The van der Waals surface area contributed by atoms with Crippen molar-refractivity contribution < 1.29 is 0 Å². The average Bonchev–Trinajstić information content (AvgIpc) is 2.65. The highest BCUT2D eigenvalue weighted by Gasteiger charge is 2.06. The Hall–Kier alpha value is -1.42. The zero-order chi connectivity index (χ0) is 8.84. The lowest BCUT2D eigenvalue weighted by Gasteiger charge is -1.92. The molecule has 0 aliphatic rings. The van der Waals surface area contributed by atoms with E-state index < -0.39 is 0 Å². The van der Waals surface area contributed by atoms with Gasteiger partial charge in [0.15, 0.2) is 0 Å². The molecule has 0 aliphatic heterocycles. The third kappa shape index (κ3) is 0.833. The molecule has 2 heterocycles. The molecule has 0 spiro atoms. The Bertz CT molecular complexity index is 579. The molecule has 0 amide bonds. The molecule has 64 valence electrons. The van der Waals surface area contributed by atoms with Gasteiger partial charge in [-0.2, -0.15) is 5.10 Å². The smallest absolute Gasteiger partial charge is 0.206 e. The number of thiazole rings is 1. The van der Waals surface area contributed by atoms with E-state index in [1.54, 1.807) is 17.7 Å². The number of aryl methyl sites for hydroxylation is 1. The lowest BCUT2D eigenvalue weighted by atomic mass is 10.2. The van der Waals surface area contributed by atoms with E-state index in [1.165, 1.54) is 10.3 Å². The van der Waals surface area contributed by atoms with Crippen LogP contribution in [0.25, 0.3) is 15.2 Å². The highest BCUT2D eigenvalue weighted by molar-refractivity contribution is 7.23. The van der Waals surface area contributed by atoms with Crippen LogP contribution in [0.5, 0.6) is 0 Å². The lowest BCUT2D eigenvalue weighted by Crippen LogP contribution is -1.81. The Labute approximate surface area is 78.6 Å². The number of hydrogen-bond donors (Lipinski definition) is 0. The minimum absolute atomic E-state index is 0.962. The fourth-order valence-electron chi connectivity index (χ4n) is 1.49. The van der Waals surface area contributed by atoms with Crippen molar-refractivity contribution in [1.29, 1.82) is 0 Å². The van der Waals surface area contributed by atoms with E-state index >= 15 is 0 Å². The van der Waals surface area contributed by atoms with Crippen LogP contribution in [0.3, 0.4) is 0 Å². The van der Waals surface area contributed by atoms with Crippen molar-refractivity contribution in [2.24, 2.45) is 0 Å². The van der Waals surface area contributed by atoms with Gasteiger partial charge in [-0.3, -0.25) is 0 Å². The van der Waals surface area contributed by atoms with Gasteiger partial charge in [-0.25, -0.2) is 9.50 Å². The molecule has 0 radical (unpaired) electrons.